The number of hydrogen-bond acceptors (Lipinski definition) is 27. The van der Waals surface area contributed by atoms with Gasteiger partial charge in [-0.2, -0.15) is 47.3 Å². The maximum Gasteiger partial charge on any atom is 0.296 e. The third-order valence-electron chi connectivity index (χ3n) is 20.2. The van der Waals surface area contributed by atoms with Crippen LogP contribution in [-0.2, 0) is 50.1 Å². The van der Waals surface area contributed by atoms with Crippen LogP contribution in [0.15, 0.2) is 28.0 Å². The predicted octanol–water partition coefficient (Wildman–Crippen LogP) is -2.74. The van der Waals surface area contributed by atoms with Gasteiger partial charge >= 0.3 is 0 Å². The molecule has 7 aliphatic heterocycles. The van der Waals surface area contributed by atoms with E-state index in [4.69, 9.17) is 0 Å². The molecule has 10 fully saturated rings. The van der Waals surface area contributed by atoms with E-state index in [1.165, 1.54) is 11.8 Å². The minimum absolute atomic E-state index is 0.0252. The van der Waals surface area contributed by atoms with E-state index in [0.717, 1.165) is 18.2 Å². The van der Waals surface area contributed by atoms with Crippen LogP contribution < -0.4 is 67.7 Å². The lowest BCUT2D eigenvalue weighted by molar-refractivity contribution is -0.134. The molecule has 2 aromatic rings. The lowest BCUT2D eigenvalue weighted by Crippen LogP contribution is -2.75. The van der Waals surface area contributed by atoms with E-state index < -0.39 is 192 Å². The van der Waals surface area contributed by atoms with Gasteiger partial charge in [-0.15, -0.1) is 0 Å². The lowest BCUT2D eigenvalue weighted by Gasteiger charge is -2.48. The first-order valence-electron chi connectivity index (χ1n) is 30.4. The summed E-state index contributed by atoms with van der Waals surface area (Å²) in [5.41, 5.74) is 3.22. The lowest BCUT2D eigenvalue weighted by atomic mass is 9.74. The standard InChI is InChI=1S/C50H80F4N18O13S5/c1-22(21-73)68-87(76,77)16-4-15-86(74,75)23-5-8-26-29(17-23)41-59-40(26)60-42-34-35(37(52)39(54)38(53)36(34)51)43(61-42)63-47-31-20-55-12-11-28(31)45-64-46-30-18-24(6-9-27(30)44(62-41)71(46)69-72(45)47)88(78,79)57-14-13-56-48-65-49(67-50(66-48)70(2)3)58-32-19-25(89(80,81)82)7-10-33(32)90(83,84)85/h7,10,19,22-24,26-31,34-47,55,57,59-64,68-69,73H,4-6,8-9,11-18,20-21H2,1-3H3,(H,80,81,82)(H,83,84,85)(H2,56,58,65,66,67). The zero-order chi connectivity index (χ0) is 64.3. The molecule has 3 aliphatic carbocycles. The van der Waals surface area contributed by atoms with Crippen molar-refractivity contribution in [3.8, 4) is 0 Å². The molecule has 31 nitrogen and oxygen atoms in total. The largest absolute Gasteiger partial charge is 0.395 e. The van der Waals surface area contributed by atoms with Gasteiger partial charge in [0.1, 0.15) is 17.2 Å². The van der Waals surface area contributed by atoms with Gasteiger partial charge in [-0.05, 0) is 113 Å². The minimum Gasteiger partial charge on any atom is -0.395 e. The van der Waals surface area contributed by atoms with Crippen LogP contribution in [0.3, 0.4) is 0 Å². The number of hydrazine groups is 2. The Labute approximate surface area is 520 Å². The summed E-state index contributed by atoms with van der Waals surface area (Å²) in [7, 11) is -18.5. The van der Waals surface area contributed by atoms with Crippen molar-refractivity contribution < 1.29 is 73.9 Å². The molecule has 506 valence electrons. The molecule has 23 unspecified atom stereocenters. The number of benzene rings is 1. The van der Waals surface area contributed by atoms with Gasteiger partial charge in [0.15, 0.2) is 22.2 Å². The number of nitrogens with zero attached hydrogens (tertiary/aromatic N) is 6. The number of hydrogen-bond donors (Lipinski definition) is 15. The summed E-state index contributed by atoms with van der Waals surface area (Å²) in [6.07, 6.45) is -13.7. The highest BCUT2D eigenvalue weighted by Crippen LogP contribution is 2.51. The maximum absolute atomic E-state index is 16.6. The highest BCUT2D eigenvalue weighted by molar-refractivity contribution is 7.92. The Balaban J connectivity index is 0.800. The van der Waals surface area contributed by atoms with Crippen molar-refractivity contribution >= 4 is 73.7 Å². The van der Waals surface area contributed by atoms with Gasteiger partial charge in [-0.1, -0.05) is 0 Å². The Morgan fingerprint density at radius 1 is 0.644 bits per heavy atom. The predicted molar refractivity (Wildman–Crippen MR) is 317 cm³/mol. The second-order valence-corrected chi connectivity index (χ2v) is 35.0. The third kappa shape index (κ3) is 12.9. The van der Waals surface area contributed by atoms with Crippen molar-refractivity contribution in [2.45, 2.75) is 159 Å². The molecule has 23 atom stereocenters. The van der Waals surface area contributed by atoms with E-state index >= 15 is 17.6 Å². The van der Waals surface area contributed by atoms with E-state index in [0.29, 0.717) is 32.4 Å². The molecule has 40 heteroatoms. The molecular weight excluding hydrogens is 1300 g/mol. The molecule has 0 amide bonds. The minimum atomic E-state index is -4.95. The molecule has 6 bridgehead atoms. The zero-order valence-electron chi connectivity index (χ0n) is 49.3. The van der Waals surface area contributed by atoms with Crippen molar-refractivity contribution in [2.24, 2.45) is 47.3 Å². The molecule has 1 aromatic heterocycles. The number of sulfone groups is 1. The fourth-order valence-electron chi connectivity index (χ4n) is 16.1. The monoisotopic (exact) mass is 1380 g/mol. The molecular formula is C50H80F4N18O13S5. The van der Waals surface area contributed by atoms with Crippen molar-refractivity contribution in [2.75, 3.05) is 73.9 Å². The number of piperidine rings is 1. The van der Waals surface area contributed by atoms with E-state index in [1.54, 1.807) is 14.1 Å². The average molecular weight is 1380 g/mol. The van der Waals surface area contributed by atoms with Crippen LogP contribution in [0.1, 0.15) is 58.3 Å². The molecule has 12 rings (SSSR count). The molecule has 8 heterocycles. The fourth-order valence-corrected chi connectivity index (χ4v) is 22.2. The smallest absolute Gasteiger partial charge is 0.296 e. The summed E-state index contributed by atoms with van der Waals surface area (Å²) in [6.45, 7) is 1.98. The highest BCUT2D eigenvalue weighted by Gasteiger charge is 2.66. The van der Waals surface area contributed by atoms with Crippen LogP contribution in [0.2, 0.25) is 0 Å². The second kappa shape index (κ2) is 25.2. The summed E-state index contributed by atoms with van der Waals surface area (Å²) < 4.78 is 220. The number of aliphatic hydroxyl groups excluding tert-OH is 1. The van der Waals surface area contributed by atoms with Crippen LogP contribution in [0.4, 0.5) is 41.1 Å². The maximum atomic E-state index is 16.6. The number of rotatable bonds is 19. The van der Waals surface area contributed by atoms with Crippen LogP contribution in [0, 0.1) is 47.3 Å². The van der Waals surface area contributed by atoms with Crippen LogP contribution >= 0.6 is 0 Å². The normalized spacial score (nSPS) is 39.1. The van der Waals surface area contributed by atoms with Gasteiger partial charge < -0.3 is 26.0 Å². The van der Waals surface area contributed by atoms with Crippen molar-refractivity contribution in [1.82, 2.24) is 77.2 Å². The molecule has 3 saturated carbocycles. The molecule has 0 spiro atoms. The number of anilines is 4. The summed E-state index contributed by atoms with van der Waals surface area (Å²) in [4.78, 5) is 12.8. The SMILES string of the molecule is CC(CO)NS(=O)(=O)CCCS(=O)(=O)C1CCC2C3NC(NC4C5CCC(S(=O)(=O)NCCNc6nc(Nc7cc(S(=O)(=O)O)ccc7S(=O)(=O)O)nc(N(C)C)n6)CC5C5NC6C7CCNCC7C(NC7NC(N3)C3C(F)C(F)C(F)C(F)C73)N6NN45)C2C1. The Hall–Kier alpha value is -3.50. The number of alkyl halides is 4. The zero-order valence-corrected chi connectivity index (χ0v) is 53.4. The quantitative estimate of drug-likeness (QED) is 0.0385. The van der Waals surface area contributed by atoms with E-state index in [1.807, 2.05) is 10.0 Å². The molecule has 7 saturated heterocycles. The Bertz CT molecular complexity index is 3590. The first kappa shape index (κ1) is 66.5. The van der Waals surface area contributed by atoms with Gasteiger partial charge in [0.05, 0.1) is 88.5 Å². The van der Waals surface area contributed by atoms with Crippen LogP contribution in [0.25, 0.3) is 0 Å². The molecule has 0 radical (unpaired) electrons. The van der Waals surface area contributed by atoms with Gasteiger partial charge in [0, 0.05) is 57.5 Å². The molecule has 90 heavy (non-hydrogen) atoms. The van der Waals surface area contributed by atoms with Gasteiger partial charge in [-0.3, -0.25) is 41.0 Å². The summed E-state index contributed by atoms with van der Waals surface area (Å²) in [6, 6.07) is 1.53. The molecule has 1 aromatic carbocycles. The highest BCUT2D eigenvalue weighted by atomic mass is 32.2. The molecule has 15 N–H and O–H groups in total. The number of halogens is 4. The van der Waals surface area contributed by atoms with E-state index in [2.05, 4.69) is 77.8 Å². The van der Waals surface area contributed by atoms with Crippen LogP contribution in [0.5, 0.6) is 0 Å². The Morgan fingerprint density at radius 3 is 1.92 bits per heavy atom. The van der Waals surface area contributed by atoms with Gasteiger partial charge in [0.25, 0.3) is 20.2 Å². The average Bonchev–Trinajstić information content (AvgIpc) is 1.56. The summed E-state index contributed by atoms with van der Waals surface area (Å²) in [5, 5.41) is 42.5. The summed E-state index contributed by atoms with van der Waals surface area (Å²) in [5.74, 6) is -5.56. The Morgan fingerprint density at radius 2 is 1.23 bits per heavy atom. The van der Waals surface area contributed by atoms with Crippen molar-refractivity contribution in [3.05, 3.63) is 18.2 Å². The number of sulfonamides is 2. The number of nitrogens with one attached hydrogen (secondary N) is 12. The van der Waals surface area contributed by atoms with Gasteiger partial charge in [-0.25, -0.2) is 52.3 Å². The number of aromatic nitrogens is 3. The first-order valence-corrected chi connectivity index (χ1v) is 38.2. The Kier molecular flexibility index (Phi) is 18.7. The topological polar surface area (TPSA) is 424 Å². The second-order valence-electron chi connectivity index (χ2n) is 25.9. The number of fused-ring (bicyclic) bond motifs is 16. The fraction of sp³-hybridized carbons (Fsp3) is 0.820. The van der Waals surface area contributed by atoms with Crippen molar-refractivity contribution in [1.29, 1.82) is 0 Å². The number of aliphatic hydroxyl groups is 1. The van der Waals surface area contributed by atoms with E-state index in [-0.39, 0.29) is 92.6 Å². The summed E-state index contributed by atoms with van der Waals surface area (Å²) >= 11 is 0. The van der Waals surface area contributed by atoms with Crippen molar-refractivity contribution in [3.63, 3.8) is 0 Å². The van der Waals surface area contributed by atoms with Crippen LogP contribution in [-0.4, -0.2) is 230 Å². The first-order chi connectivity index (χ1) is 42.4. The van der Waals surface area contributed by atoms with Gasteiger partial charge in [0.2, 0.25) is 37.9 Å². The van der Waals surface area contributed by atoms with E-state index in [9.17, 15) is 56.3 Å². The molecule has 10 aliphatic rings. The third-order valence-corrected chi connectivity index (χ3v) is 27.8.